The molecule has 0 saturated heterocycles. The molecule has 2 aromatic rings. The van der Waals surface area contributed by atoms with Gasteiger partial charge >= 0.3 is 0 Å². The number of rotatable bonds is 4. The first-order valence-electron chi connectivity index (χ1n) is 10.0. The van der Waals surface area contributed by atoms with E-state index in [0.29, 0.717) is 11.3 Å². The van der Waals surface area contributed by atoms with Crippen LogP contribution in [0.4, 0.5) is 5.00 Å². The number of anilines is 1. The van der Waals surface area contributed by atoms with Gasteiger partial charge in [0, 0.05) is 4.88 Å². The van der Waals surface area contributed by atoms with Crippen molar-refractivity contribution >= 4 is 33.8 Å². The number of hydrogen-bond donors (Lipinski definition) is 3. The number of nitrogens with one attached hydrogen (secondary N) is 2. The Hall–Kier alpha value is -1.92. The van der Waals surface area contributed by atoms with Crippen LogP contribution in [0.2, 0.25) is 5.02 Å². The highest BCUT2D eigenvalue weighted by Gasteiger charge is 2.37. The van der Waals surface area contributed by atoms with Gasteiger partial charge in [-0.15, -0.1) is 11.3 Å². The molecule has 1 aromatic carbocycles. The van der Waals surface area contributed by atoms with Gasteiger partial charge in [0.25, 0.3) is 5.91 Å². The normalized spacial score (nSPS) is 21.1. The van der Waals surface area contributed by atoms with E-state index >= 15 is 0 Å². The van der Waals surface area contributed by atoms with Gasteiger partial charge in [-0.3, -0.25) is 4.79 Å². The van der Waals surface area contributed by atoms with E-state index in [1.807, 2.05) is 0 Å². The maximum absolute atomic E-state index is 13.0. The van der Waals surface area contributed by atoms with Crippen LogP contribution in [0.1, 0.15) is 66.1 Å². The van der Waals surface area contributed by atoms with Gasteiger partial charge in [0.15, 0.2) is 11.5 Å². The standard InChI is InChI=1S/C22H27ClN2O3S/c1-5-22(2,3)12-6-7-13-16(10-12)29-21-17(13)20(27)24-19(25-21)11-8-14(23)18(26)15(9-11)28-4/h8-9,12,19,25-26H,5-7,10H2,1-4H3,(H,24,27)/t12-,19-/m0/s1. The van der Waals surface area contributed by atoms with Gasteiger partial charge in [0.05, 0.1) is 17.7 Å². The van der Waals surface area contributed by atoms with Crippen LogP contribution in [0.5, 0.6) is 11.5 Å². The highest BCUT2D eigenvalue weighted by atomic mass is 35.5. The summed E-state index contributed by atoms with van der Waals surface area (Å²) in [5.41, 5.74) is 3.04. The van der Waals surface area contributed by atoms with Crippen LogP contribution >= 0.6 is 22.9 Å². The molecule has 2 heterocycles. The largest absolute Gasteiger partial charge is 0.503 e. The van der Waals surface area contributed by atoms with Crippen molar-refractivity contribution in [2.75, 3.05) is 12.4 Å². The molecular weight excluding hydrogens is 408 g/mol. The van der Waals surface area contributed by atoms with Gasteiger partial charge < -0.3 is 20.5 Å². The Balaban J connectivity index is 1.65. The Labute approximate surface area is 180 Å². The van der Waals surface area contributed by atoms with Crippen LogP contribution in [-0.2, 0) is 12.8 Å². The highest BCUT2D eigenvalue weighted by Crippen LogP contribution is 2.47. The van der Waals surface area contributed by atoms with Gasteiger partial charge in [-0.1, -0.05) is 38.8 Å². The number of amides is 1. The maximum atomic E-state index is 13.0. The van der Waals surface area contributed by atoms with Gasteiger partial charge in [-0.2, -0.15) is 0 Å². The van der Waals surface area contributed by atoms with Crippen molar-refractivity contribution in [3.05, 3.63) is 38.7 Å². The van der Waals surface area contributed by atoms with Crippen LogP contribution in [0.15, 0.2) is 12.1 Å². The second-order valence-corrected chi connectivity index (χ2v) is 10.1. The molecular formula is C22H27ClN2O3S. The summed E-state index contributed by atoms with van der Waals surface area (Å²) in [5.74, 6) is 0.762. The van der Waals surface area contributed by atoms with Crippen LogP contribution in [-0.4, -0.2) is 18.1 Å². The molecule has 7 heteroatoms. The molecule has 1 aromatic heterocycles. The van der Waals surface area contributed by atoms with Gasteiger partial charge in [-0.05, 0) is 53.9 Å². The molecule has 3 N–H and O–H groups in total. The number of methoxy groups -OCH3 is 1. The van der Waals surface area contributed by atoms with E-state index in [1.165, 1.54) is 17.6 Å². The lowest BCUT2D eigenvalue weighted by molar-refractivity contribution is 0.0934. The SMILES string of the molecule is CCC(C)(C)[C@H]1CCc2c(sc3c2C(=O)N[C@H](c2cc(Cl)c(O)c(OC)c2)N3)C1. The fourth-order valence-corrected chi connectivity index (χ4v) is 5.91. The summed E-state index contributed by atoms with van der Waals surface area (Å²) in [5, 5.41) is 17.6. The molecule has 0 fully saturated rings. The third kappa shape index (κ3) is 3.46. The van der Waals surface area contributed by atoms with E-state index < -0.39 is 6.17 Å². The third-order valence-electron chi connectivity index (χ3n) is 6.66. The average Bonchev–Trinajstić information content (AvgIpc) is 3.07. The van der Waals surface area contributed by atoms with E-state index in [2.05, 4.69) is 31.4 Å². The fourth-order valence-electron chi connectivity index (χ4n) is 4.34. The molecule has 0 unspecified atom stereocenters. The Bertz CT molecular complexity index is 969. The summed E-state index contributed by atoms with van der Waals surface area (Å²) >= 11 is 7.84. The van der Waals surface area contributed by atoms with Crippen molar-refractivity contribution in [3.8, 4) is 11.5 Å². The molecule has 1 amide bonds. The molecule has 156 valence electrons. The quantitative estimate of drug-likeness (QED) is 0.593. The number of benzene rings is 1. The second-order valence-electron chi connectivity index (χ2n) is 8.59. The van der Waals surface area contributed by atoms with Gasteiger partial charge in [0.1, 0.15) is 11.2 Å². The minimum absolute atomic E-state index is 0.0578. The topological polar surface area (TPSA) is 70.6 Å². The van der Waals surface area contributed by atoms with E-state index in [4.69, 9.17) is 16.3 Å². The van der Waals surface area contributed by atoms with E-state index in [9.17, 15) is 9.90 Å². The number of halogens is 1. The molecule has 29 heavy (non-hydrogen) atoms. The average molecular weight is 435 g/mol. The highest BCUT2D eigenvalue weighted by molar-refractivity contribution is 7.16. The molecule has 0 bridgehead atoms. The van der Waals surface area contributed by atoms with Gasteiger partial charge in [0.2, 0.25) is 0 Å². The Kier molecular flexibility index (Phi) is 5.20. The second kappa shape index (κ2) is 7.40. The van der Waals surface area contributed by atoms with Crippen molar-refractivity contribution in [1.29, 1.82) is 0 Å². The summed E-state index contributed by atoms with van der Waals surface area (Å²) in [6.45, 7) is 6.95. The smallest absolute Gasteiger partial charge is 0.256 e. The number of fused-ring (bicyclic) bond motifs is 3. The van der Waals surface area contributed by atoms with Crippen LogP contribution < -0.4 is 15.4 Å². The van der Waals surface area contributed by atoms with Crippen LogP contribution in [0.25, 0.3) is 0 Å². The van der Waals surface area contributed by atoms with Crippen molar-refractivity contribution in [2.45, 2.75) is 52.6 Å². The zero-order valence-corrected chi connectivity index (χ0v) is 18.8. The van der Waals surface area contributed by atoms with E-state index in [1.54, 1.807) is 23.5 Å². The van der Waals surface area contributed by atoms with Crippen molar-refractivity contribution in [2.24, 2.45) is 11.3 Å². The van der Waals surface area contributed by atoms with Crippen LogP contribution in [0.3, 0.4) is 0 Å². The molecule has 0 spiro atoms. The first-order valence-corrected chi connectivity index (χ1v) is 11.2. The van der Waals surface area contributed by atoms with E-state index in [-0.39, 0.29) is 22.4 Å². The van der Waals surface area contributed by atoms with E-state index in [0.717, 1.165) is 41.8 Å². The first-order chi connectivity index (χ1) is 13.7. The van der Waals surface area contributed by atoms with Crippen molar-refractivity contribution in [1.82, 2.24) is 5.32 Å². The molecule has 2 atom stereocenters. The Morgan fingerprint density at radius 3 is 2.79 bits per heavy atom. The van der Waals surface area contributed by atoms with Crippen molar-refractivity contribution < 1.29 is 14.6 Å². The number of phenols is 1. The van der Waals surface area contributed by atoms with Crippen molar-refractivity contribution in [3.63, 3.8) is 0 Å². The summed E-state index contributed by atoms with van der Waals surface area (Å²) in [6, 6.07) is 3.34. The lowest BCUT2D eigenvalue weighted by Crippen LogP contribution is -2.38. The van der Waals surface area contributed by atoms with Gasteiger partial charge in [-0.25, -0.2) is 0 Å². The number of phenolic OH excluding ortho intramolecular Hbond substituents is 1. The minimum Gasteiger partial charge on any atom is -0.503 e. The molecule has 2 aliphatic rings. The molecule has 4 rings (SSSR count). The third-order valence-corrected chi connectivity index (χ3v) is 8.14. The summed E-state index contributed by atoms with van der Waals surface area (Å²) in [7, 11) is 1.47. The molecule has 1 aliphatic carbocycles. The number of carbonyl (C=O) groups excluding carboxylic acids is 1. The lowest BCUT2D eigenvalue weighted by atomic mass is 9.69. The summed E-state index contributed by atoms with van der Waals surface area (Å²) in [6.07, 6.45) is 3.84. The molecule has 0 radical (unpaired) electrons. The number of hydrogen-bond acceptors (Lipinski definition) is 5. The Morgan fingerprint density at radius 1 is 1.34 bits per heavy atom. The predicted octanol–water partition coefficient (Wildman–Crippen LogP) is 5.51. The zero-order valence-electron chi connectivity index (χ0n) is 17.2. The molecule has 0 saturated carbocycles. The monoisotopic (exact) mass is 434 g/mol. The molecule has 5 nitrogen and oxygen atoms in total. The predicted molar refractivity (Wildman–Crippen MR) is 117 cm³/mol. The number of ether oxygens (including phenoxy) is 1. The summed E-state index contributed by atoms with van der Waals surface area (Å²) in [4.78, 5) is 14.3. The lowest BCUT2D eigenvalue weighted by Gasteiger charge is -2.36. The summed E-state index contributed by atoms with van der Waals surface area (Å²) < 4.78 is 5.20. The number of thiophene rings is 1. The van der Waals surface area contributed by atoms with Crippen LogP contribution in [0, 0.1) is 11.3 Å². The Morgan fingerprint density at radius 2 is 2.10 bits per heavy atom. The number of aromatic hydroxyl groups is 1. The minimum atomic E-state index is -0.426. The number of carbonyl (C=O) groups is 1. The fraction of sp³-hybridized carbons (Fsp3) is 0.500. The first kappa shape index (κ1) is 20.4. The zero-order chi connectivity index (χ0) is 20.9. The molecule has 1 aliphatic heterocycles. The maximum Gasteiger partial charge on any atom is 0.256 e.